The maximum absolute atomic E-state index is 6.24. The SMILES string of the molecule is CCCNC(c1cc(OC)ncn1)c1c(Cl)cnn1C. The molecule has 2 rings (SSSR count). The van der Waals surface area contributed by atoms with Gasteiger partial charge in [0.2, 0.25) is 5.88 Å². The molecule has 0 fully saturated rings. The van der Waals surface area contributed by atoms with E-state index in [0.29, 0.717) is 10.9 Å². The average Bonchev–Trinajstić information content (AvgIpc) is 2.80. The molecule has 20 heavy (non-hydrogen) atoms. The molecule has 2 aromatic rings. The minimum absolute atomic E-state index is 0.146. The van der Waals surface area contributed by atoms with Gasteiger partial charge >= 0.3 is 0 Å². The zero-order valence-electron chi connectivity index (χ0n) is 11.8. The van der Waals surface area contributed by atoms with Crippen LogP contribution in [0.5, 0.6) is 5.88 Å². The Morgan fingerprint density at radius 1 is 1.45 bits per heavy atom. The first-order valence-corrected chi connectivity index (χ1v) is 6.81. The predicted molar refractivity (Wildman–Crippen MR) is 76.9 cm³/mol. The van der Waals surface area contributed by atoms with Gasteiger partial charge < -0.3 is 10.1 Å². The Hall–Kier alpha value is -1.66. The molecule has 0 saturated carbocycles. The van der Waals surface area contributed by atoms with Crippen molar-refractivity contribution in [2.75, 3.05) is 13.7 Å². The minimum atomic E-state index is -0.146. The van der Waals surface area contributed by atoms with E-state index in [1.165, 1.54) is 6.33 Å². The molecule has 2 heterocycles. The molecular formula is C13H18ClN5O. The summed E-state index contributed by atoms with van der Waals surface area (Å²) in [5, 5.41) is 8.22. The van der Waals surface area contributed by atoms with E-state index in [1.54, 1.807) is 24.1 Å². The topological polar surface area (TPSA) is 64.9 Å². The molecule has 0 aliphatic carbocycles. The fourth-order valence-electron chi connectivity index (χ4n) is 2.00. The second kappa shape index (κ2) is 6.67. The molecule has 0 amide bonds. The van der Waals surface area contributed by atoms with Crippen molar-refractivity contribution in [1.82, 2.24) is 25.1 Å². The Morgan fingerprint density at radius 2 is 2.25 bits per heavy atom. The molecule has 7 heteroatoms. The summed E-state index contributed by atoms with van der Waals surface area (Å²) in [5.41, 5.74) is 1.68. The first-order chi connectivity index (χ1) is 9.67. The highest BCUT2D eigenvalue weighted by Crippen LogP contribution is 2.27. The summed E-state index contributed by atoms with van der Waals surface area (Å²) in [6, 6.07) is 1.66. The molecule has 6 nitrogen and oxygen atoms in total. The van der Waals surface area contributed by atoms with Crippen LogP contribution in [0.2, 0.25) is 5.02 Å². The Kier molecular flexibility index (Phi) is 4.92. The van der Waals surface area contributed by atoms with Gasteiger partial charge in [-0.15, -0.1) is 0 Å². The van der Waals surface area contributed by atoms with Crippen LogP contribution in [-0.4, -0.2) is 33.4 Å². The van der Waals surface area contributed by atoms with Crippen LogP contribution in [0, 0.1) is 0 Å². The van der Waals surface area contributed by atoms with Gasteiger partial charge in [0.05, 0.1) is 35.8 Å². The first-order valence-electron chi connectivity index (χ1n) is 6.44. The fourth-order valence-corrected chi connectivity index (χ4v) is 2.27. The Balaban J connectivity index is 2.41. The van der Waals surface area contributed by atoms with Gasteiger partial charge in [-0.05, 0) is 13.0 Å². The zero-order valence-corrected chi connectivity index (χ0v) is 12.6. The van der Waals surface area contributed by atoms with Gasteiger partial charge in [-0.25, -0.2) is 9.97 Å². The van der Waals surface area contributed by atoms with Gasteiger partial charge in [-0.1, -0.05) is 18.5 Å². The van der Waals surface area contributed by atoms with E-state index in [-0.39, 0.29) is 6.04 Å². The Morgan fingerprint density at radius 3 is 2.85 bits per heavy atom. The Labute approximate surface area is 123 Å². The van der Waals surface area contributed by atoms with Crippen molar-refractivity contribution in [1.29, 1.82) is 0 Å². The van der Waals surface area contributed by atoms with Crippen LogP contribution in [0.1, 0.15) is 30.8 Å². The van der Waals surface area contributed by atoms with Crippen molar-refractivity contribution in [2.45, 2.75) is 19.4 Å². The third-order valence-electron chi connectivity index (χ3n) is 2.98. The van der Waals surface area contributed by atoms with Crippen molar-refractivity contribution in [3.05, 3.63) is 35.0 Å². The number of nitrogens with one attached hydrogen (secondary N) is 1. The summed E-state index contributed by atoms with van der Waals surface area (Å²) in [6.07, 6.45) is 4.13. The number of hydrogen-bond donors (Lipinski definition) is 1. The number of aryl methyl sites for hydroxylation is 1. The highest BCUT2D eigenvalue weighted by atomic mass is 35.5. The van der Waals surface area contributed by atoms with E-state index in [9.17, 15) is 0 Å². The summed E-state index contributed by atoms with van der Waals surface area (Å²) in [4.78, 5) is 8.36. The fraction of sp³-hybridized carbons (Fsp3) is 0.462. The lowest BCUT2D eigenvalue weighted by atomic mass is 10.1. The van der Waals surface area contributed by atoms with E-state index >= 15 is 0 Å². The largest absolute Gasteiger partial charge is 0.481 e. The highest BCUT2D eigenvalue weighted by molar-refractivity contribution is 6.31. The third-order valence-corrected chi connectivity index (χ3v) is 3.27. The number of methoxy groups -OCH3 is 1. The summed E-state index contributed by atoms with van der Waals surface area (Å²) in [7, 11) is 3.44. The second-order valence-electron chi connectivity index (χ2n) is 4.37. The minimum Gasteiger partial charge on any atom is -0.481 e. The van der Waals surface area contributed by atoms with E-state index in [0.717, 1.165) is 24.4 Å². The molecule has 0 aromatic carbocycles. The highest BCUT2D eigenvalue weighted by Gasteiger charge is 2.22. The molecule has 1 unspecified atom stereocenters. The number of aromatic nitrogens is 4. The predicted octanol–water partition coefficient (Wildman–Crippen LogP) is 1.96. The van der Waals surface area contributed by atoms with Crippen LogP contribution in [0.4, 0.5) is 0 Å². The van der Waals surface area contributed by atoms with E-state index in [2.05, 4.69) is 27.3 Å². The number of hydrogen-bond acceptors (Lipinski definition) is 5. The van der Waals surface area contributed by atoms with Crippen LogP contribution >= 0.6 is 11.6 Å². The quantitative estimate of drug-likeness (QED) is 0.882. The molecule has 1 atom stereocenters. The van der Waals surface area contributed by atoms with Crippen LogP contribution in [0.3, 0.4) is 0 Å². The number of halogens is 1. The maximum atomic E-state index is 6.24. The van der Waals surface area contributed by atoms with Crippen LogP contribution in [0.25, 0.3) is 0 Å². The number of ether oxygens (including phenoxy) is 1. The maximum Gasteiger partial charge on any atom is 0.216 e. The molecule has 0 aliphatic heterocycles. The summed E-state index contributed by atoms with van der Waals surface area (Å²) in [6.45, 7) is 2.95. The van der Waals surface area contributed by atoms with Crippen molar-refractivity contribution < 1.29 is 4.74 Å². The van der Waals surface area contributed by atoms with E-state index < -0.39 is 0 Å². The van der Waals surface area contributed by atoms with E-state index in [4.69, 9.17) is 16.3 Å². The summed E-state index contributed by atoms with van der Waals surface area (Å²) >= 11 is 6.24. The van der Waals surface area contributed by atoms with Gasteiger partial charge in [-0.3, -0.25) is 4.68 Å². The molecule has 1 N–H and O–H groups in total. The van der Waals surface area contributed by atoms with Crippen LogP contribution < -0.4 is 10.1 Å². The second-order valence-corrected chi connectivity index (χ2v) is 4.78. The van der Waals surface area contributed by atoms with Gasteiger partial charge in [0.1, 0.15) is 6.33 Å². The normalized spacial score (nSPS) is 12.4. The summed E-state index contributed by atoms with van der Waals surface area (Å²) in [5.74, 6) is 0.525. The lowest BCUT2D eigenvalue weighted by molar-refractivity contribution is 0.394. The molecule has 0 radical (unpaired) electrons. The Bertz CT molecular complexity index is 552. The van der Waals surface area contributed by atoms with E-state index in [1.807, 2.05) is 7.05 Å². The standard InChI is InChI=1S/C13H18ClN5O/c1-4-5-15-12(13-9(14)7-18-19(13)2)10-6-11(20-3)17-8-16-10/h6-8,12,15H,4-5H2,1-3H3. The van der Waals surface area contributed by atoms with Gasteiger partial charge in [0.25, 0.3) is 0 Å². The van der Waals surface area contributed by atoms with Crippen molar-refractivity contribution in [3.8, 4) is 5.88 Å². The van der Waals surface area contributed by atoms with Crippen molar-refractivity contribution in [2.24, 2.45) is 7.05 Å². The summed E-state index contributed by atoms with van der Waals surface area (Å²) < 4.78 is 6.91. The molecule has 0 saturated heterocycles. The lowest BCUT2D eigenvalue weighted by Crippen LogP contribution is -2.26. The monoisotopic (exact) mass is 295 g/mol. The van der Waals surface area contributed by atoms with Crippen molar-refractivity contribution >= 4 is 11.6 Å². The smallest absolute Gasteiger partial charge is 0.216 e. The number of rotatable bonds is 6. The zero-order chi connectivity index (χ0) is 14.5. The van der Waals surface area contributed by atoms with Gasteiger partial charge in [0.15, 0.2) is 0 Å². The van der Waals surface area contributed by atoms with Crippen molar-refractivity contribution in [3.63, 3.8) is 0 Å². The average molecular weight is 296 g/mol. The molecular weight excluding hydrogens is 278 g/mol. The lowest BCUT2D eigenvalue weighted by Gasteiger charge is -2.19. The molecule has 0 aliphatic rings. The van der Waals surface area contributed by atoms with Crippen LogP contribution in [-0.2, 0) is 7.05 Å². The molecule has 2 aromatic heterocycles. The molecule has 0 spiro atoms. The van der Waals surface area contributed by atoms with Gasteiger partial charge in [-0.2, -0.15) is 5.10 Å². The third kappa shape index (κ3) is 3.08. The molecule has 0 bridgehead atoms. The molecule has 108 valence electrons. The number of nitrogens with zero attached hydrogens (tertiary/aromatic N) is 4. The van der Waals surface area contributed by atoms with Gasteiger partial charge in [0, 0.05) is 13.1 Å². The van der Waals surface area contributed by atoms with Crippen LogP contribution in [0.15, 0.2) is 18.6 Å². The first kappa shape index (κ1) is 14.7.